The molecule has 3 nitrogen and oxygen atoms in total. The Morgan fingerprint density at radius 1 is 1.28 bits per heavy atom. The maximum atomic E-state index is 5.73. The highest BCUT2D eigenvalue weighted by molar-refractivity contribution is 7.80. The van der Waals surface area contributed by atoms with E-state index in [9.17, 15) is 0 Å². The van der Waals surface area contributed by atoms with Gasteiger partial charge in [-0.15, -0.1) is 0 Å². The monoisotopic (exact) mass is 257 g/mol. The van der Waals surface area contributed by atoms with E-state index in [0.717, 1.165) is 22.5 Å². The Kier molecular flexibility index (Phi) is 3.89. The zero-order valence-electron chi connectivity index (χ0n) is 10.2. The predicted octanol–water partition coefficient (Wildman–Crippen LogP) is 2.64. The molecule has 4 heteroatoms. The molecule has 0 spiro atoms. The van der Waals surface area contributed by atoms with Gasteiger partial charge in [-0.05, 0) is 30.7 Å². The van der Waals surface area contributed by atoms with E-state index < -0.39 is 0 Å². The summed E-state index contributed by atoms with van der Waals surface area (Å²) in [6, 6.07) is 11.8. The highest BCUT2D eigenvalue weighted by Crippen LogP contribution is 2.21. The van der Waals surface area contributed by atoms with Gasteiger partial charge in [-0.1, -0.05) is 30.4 Å². The Hall–Kier alpha value is -1.94. The van der Waals surface area contributed by atoms with Crippen molar-refractivity contribution >= 4 is 22.9 Å². The van der Waals surface area contributed by atoms with Crippen LogP contribution in [0.5, 0.6) is 0 Å². The van der Waals surface area contributed by atoms with Crippen LogP contribution in [0, 0.1) is 6.92 Å². The molecule has 0 amide bonds. The topological polar surface area (TPSA) is 50.9 Å². The minimum Gasteiger partial charge on any atom is -0.389 e. The van der Waals surface area contributed by atoms with Crippen LogP contribution in [0.3, 0.4) is 0 Å². The number of aryl methyl sites for hydroxylation is 1. The van der Waals surface area contributed by atoms with E-state index in [1.807, 2.05) is 43.3 Å². The summed E-state index contributed by atoms with van der Waals surface area (Å²) in [7, 11) is 0. The fraction of sp³-hybridized carbons (Fsp3) is 0.143. The Bertz CT molecular complexity index is 552. The number of thiocarbonyl (C=S) groups is 1. The fourth-order valence-electron chi connectivity index (χ4n) is 1.79. The highest BCUT2D eigenvalue weighted by atomic mass is 32.1. The van der Waals surface area contributed by atoms with E-state index in [1.54, 1.807) is 6.20 Å². The van der Waals surface area contributed by atoms with Crippen molar-refractivity contribution in [2.45, 2.75) is 13.5 Å². The van der Waals surface area contributed by atoms with Crippen LogP contribution in [0.1, 0.15) is 16.8 Å². The van der Waals surface area contributed by atoms with Gasteiger partial charge in [-0.25, -0.2) is 0 Å². The van der Waals surface area contributed by atoms with Gasteiger partial charge in [0.2, 0.25) is 0 Å². The van der Waals surface area contributed by atoms with Crippen molar-refractivity contribution in [2.24, 2.45) is 5.73 Å². The van der Waals surface area contributed by atoms with Crippen molar-refractivity contribution in [3.8, 4) is 0 Å². The molecule has 2 rings (SSSR count). The Morgan fingerprint density at radius 3 is 2.78 bits per heavy atom. The Labute approximate surface area is 112 Å². The quantitative estimate of drug-likeness (QED) is 0.827. The highest BCUT2D eigenvalue weighted by Gasteiger charge is 2.07. The molecule has 18 heavy (non-hydrogen) atoms. The molecular formula is C14H15N3S. The lowest BCUT2D eigenvalue weighted by molar-refractivity contribution is 1.04. The second-order valence-electron chi connectivity index (χ2n) is 4.04. The molecule has 1 aromatic heterocycles. The third-order valence-corrected chi connectivity index (χ3v) is 2.93. The minimum atomic E-state index is 0.405. The second kappa shape index (κ2) is 5.60. The zero-order chi connectivity index (χ0) is 13.0. The third-order valence-electron chi connectivity index (χ3n) is 2.71. The molecule has 0 fully saturated rings. The standard InChI is InChI=1S/C14H15N3S/c1-10-5-4-7-12(14(15)18)13(10)17-9-11-6-2-3-8-16-11/h2-8,17H,9H2,1H3,(H2,15,18). The van der Waals surface area contributed by atoms with E-state index in [4.69, 9.17) is 18.0 Å². The largest absolute Gasteiger partial charge is 0.389 e. The fourth-order valence-corrected chi connectivity index (χ4v) is 1.96. The first-order chi connectivity index (χ1) is 8.68. The summed E-state index contributed by atoms with van der Waals surface area (Å²) < 4.78 is 0. The van der Waals surface area contributed by atoms with Crippen LogP contribution in [0.25, 0.3) is 0 Å². The molecule has 0 saturated carbocycles. The Balaban J connectivity index is 2.21. The van der Waals surface area contributed by atoms with Gasteiger partial charge in [0.15, 0.2) is 0 Å². The lowest BCUT2D eigenvalue weighted by Crippen LogP contribution is -2.14. The smallest absolute Gasteiger partial charge is 0.106 e. The molecule has 0 saturated heterocycles. The number of para-hydroxylation sites is 1. The number of nitrogens with one attached hydrogen (secondary N) is 1. The Morgan fingerprint density at radius 2 is 2.11 bits per heavy atom. The van der Waals surface area contributed by atoms with Gasteiger partial charge in [0.1, 0.15) is 4.99 Å². The van der Waals surface area contributed by atoms with E-state index in [0.29, 0.717) is 11.5 Å². The molecule has 2 aromatic rings. The van der Waals surface area contributed by atoms with E-state index >= 15 is 0 Å². The van der Waals surface area contributed by atoms with Crippen molar-refractivity contribution in [3.05, 3.63) is 59.4 Å². The summed E-state index contributed by atoms with van der Waals surface area (Å²) in [5, 5.41) is 3.35. The van der Waals surface area contributed by atoms with Crippen molar-refractivity contribution in [1.29, 1.82) is 0 Å². The first-order valence-electron chi connectivity index (χ1n) is 5.71. The number of hydrogen-bond donors (Lipinski definition) is 2. The molecule has 0 aliphatic carbocycles. The van der Waals surface area contributed by atoms with Crippen LogP contribution in [0.2, 0.25) is 0 Å². The predicted molar refractivity (Wildman–Crippen MR) is 78.6 cm³/mol. The molecule has 0 aliphatic rings. The molecule has 1 aromatic carbocycles. The van der Waals surface area contributed by atoms with Crippen LogP contribution in [-0.2, 0) is 6.54 Å². The lowest BCUT2D eigenvalue weighted by Gasteiger charge is -2.13. The number of pyridine rings is 1. The number of nitrogens with zero attached hydrogens (tertiary/aromatic N) is 1. The minimum absolute atomic E-state index is 0.405. The van der Waals surface area contributed by atoms with E-state index in [2.05, 4.69) is 10.3 Å². The number of benzene rings is 1. The molecule has 92 valence electrons. The maximum absolute atomic E-state index is 5.73. The van der Waals surface area contributed by atoms with Crippen molar-refractivity contribution in [3.63, 3.8) is 0 Å². The normalized spacial score (nSPS) is 10.1. The van der Waals surface area contributed by atoms with Crippen LogP contribution < -0.4 is 11.1 Å². The SMILES string of the molecule is Cc1cccc(C(N)=S)c1NCc1ccccn1. The summed E-state index contributed by atoms with van der Waals surface area (Å²) in [4.78, 5) is 4.68. The van der Waals surface area contributed by atoms with Crippen LogP contribution >= 0.6 is 12.2 Å². The van der Waals surface area contributed by atoms with Crippen LogP contribution in [0.4, 0.5) is 5.69 Å². The lowest BCUT2D eigenvalue weighted by atomic mass is 10.1. The molecule has 0 bridgehead atoms. The summed E-state index contributed by atoms with van der Waals surface area (Å²) in [6.45, 7) is 2.68. The first-order valence-corrected chi connectivity index (χ1v) is 6.12. The van der Waals surface area contributed by atoms with Gasteiger partial charge in [0.05, 0.1) is 12.2 Å². The van der Waals surface area contributed by atoms with Crippen LogP contribution in [-0.4, -0.2) is 9.97 Å². The average molecular weight is 257 g/mol. The molecule has 3 N–H and O–H groups in total. The third kappa shape index (κ3) is 2.84. The van der Waals surface area contributed by atoms with E-state index in [1.165, 1.54) is 0 Å². The summed E-state index contributed by atoms with van der Waals surface area (Å²) in [5.74, 6) is 0. The number of anilines is 1. The molecular weight excluding hydrogens is 242 g/mol. The van der Waals surface area contributed by atoms with Crippen LogP contribution in [0.15, 0.2) is 42.6 Å². The van der Waals surface area contributed by atoms with Crippen molar-refractivity contribution < 1.29 is 0 Å². The van der Waals surface area contributed by atoms with Crippen molar-refractivity contribution in [2.75, 3.05) is 5.32 Å². The van der Waals surface area contributed by atoms with Crippen molar-refractivity contribution in [1.82, 2.24) is 4.98 Å². The van der Waals surface area contributed by atoms with Gasteiger partial charge in [-0.3, -0.25) is 4.98 Å². The second-order valence-corrected chi connectivity index (χ2v) is 4.48. The van der Waals surface area contributed by atoms with Gasteiger partial charge in [0, 0.05) is 17.4 Å². The number of rotatable bonds is 4. The molecule has 0 radical (unpaired) electrons. The van der Waals surface area contributed by atoms with Gasteiger partial charge < -0.3 is 11.1 Å². The summed E-state index contributed by atoms with van der Waals surface area (Å²) in [5.41, 5.74) is 9.69. The van der Waals surface area contributed by atoms with Gasteiger partial charge in [0.25, 0.3) is 0 Å². The molecule has 0 atom stereocenters. The summed E-state index contributed by atoms with van der Waals surface area (Å²) >= 11 is 5.06. The van der Waals surface area contributed by atoms with Gasteiger partial charge >= 0.3 is 0 Å². The van der Waals surface area contributed by atoms with E-state index in [-0.39, 0.29) is 0 Å². The molecule has 0 aliphatic heterocycles. The number of hydrogen-bond acceptors (Lipinski definition) is 3. The number of aromatic nitrogens is 1. The number of nitrogens with two attached hydrogens (primary N) is 1. The zero-order valence-corrected chi connectivity index (χ0v) is 11.0. The van der Waals surface area contributed by atoms with Gasteiger partial charge in [-0.2, -0.15) is 0 Å². The maximum Gasteiger partial charge on any atom is 0.106 e. The average Bonchev–Trinajstić information content (AvgIpc) is 2.38. The summed E-state index contributed by atoms with van der Waals surface area (Å²) in [6.07, 6.45) is 1.78. The molecule has 1 heterocycles. The first kappa shape index (κ1) is 12.5. The molecule has 0 unspecified atom stereocenters.